The van der Waals surface area contributed by atoms with Crippen LogP contribution in [0.25, 0.3) is 10.6 Å². The minimum atomic E-state index is -0.722. The molecule has 0 fully saturated rings. The molecule has 1 N–H and O–H groups in total. The summed E-state index contributed by atoms with van der Waals surface area (Å²) in [7, 11) is 0. The first-order valence-corrected chi connectivity index (χ1v) is 8.29. The first-order chi connectivity index (χ1) is 9.61. The zero-order valence-corrected chi connectivity index (χ0v) is 12.9. The highest BCUT2D eigenvalue weighted by Gasteiger charge is 2.20. The van der Waals surface area contributed by atoms with Gasteiger partial charge in [0.2, 0.25) is 0 Å². The Hall–Kier alpha value is -1.24. The molecule has 1 aliphatic heterocycles. The fourth-order valence-electron chi connectivity index (χ4n) is 2.44. The van der Waals surface area contributed by atoms with Crippen LogP contribution in [0.1, 0.15) is 21.9 Å². The molecule has 20 heavy (non-hydrogen) atoms. The summed E-state index contributed by atoms with van der Waals surface area (Å²) in [4.78, 5) is 20.1. The van der Waals surface area contributed by atoms with Gasteiger partial charge in [0.25, 0.3) is 0 Å². The summed E-state index contributed by atoms with van der Waals surface area (Å²) < 4.78 is 0. The number of carbonyl (C=O) groups is 1. The molecule has 0 aliphatic carbocycles. The van der Waals surface area contributed by atoms with Crippen LogP contribution in [0.15, 0.2) is 11.4 Å². The molecule has 1 aliphatic rings. The van der Waals surface area contributed by atoms with Gasteiger partial charge in [-0.3, -0.25) is 9.69 Å². The van der Waals surface area contributed by atoms with Gasteiger partial charge in [-0.25, -0.2) is 4.98 Å². The molecule has 2 aromatic rings. The molecule has 4 nitrogen and oxygen atoms in total. The lowest BCUT2D eigenvalue weighted by Gasteiger charge is -2.25. The number of fused-ring (bicyclic) bond motifs is 1. The van der Waals surface area contributed by atoms with Crippen LogP contribution in [0.4, 0.5) is 0 Å². The van der Waals surface area contributed by atoms with Crippen molar-refractivity contribution in [2.45, 2.75) is 26.3 Å². The van der Waals surface area contributed by atoms with Gasteiger partial charge in [0.15, 0.2) is 0 Å². The Kier molecular flexibility index (Phi) is 3.87. The van der Waals surface area contributed by atoms with Crippen molar-refractivity contribution in [3.05, 3.63) is 26.9 Å². The maximum absolute atomic E-state index is 10.6. The van der Waals surface area contributed by atoms with Crippen LogP contribution in [0, 0.1) is 6.92 Å². The summed E-state index contributed by atoms with van der Waals surface area (Å²) in [6.07, 6.45) is 1.24. The molecule has 0 saturated heterocycles. The third-order valence-corrected chi connectivity index (χ3v) is 5.49. The summed E-state index contributed by atoms with van der Waals surface area (Å²) in [5, 5.41) is 12.0. The zero-order valence-electron chi connectivity index (χ0n) is 11.3. The lowest BCUT2D eigenvalue weighted by Crippen LogP contribution is -2.31. The van der Waals surface area contributed by atoms with Gasteiger partial charge in [0, 0.05) is 29.9 Å². The molecule has 0 spiro atoms. The molecule has 6 heteroatoms. The van der Waals surface area contributed by atoms with E-state index in [1.807, 2.05) is 18.3 Å². The fraction of sp³-hybridized carbons (Fsp3) is 0.429. The Morgan fingerprint density at radius 1 is 1.55 bits per heavy atom. The van der Waals surface area contributed by atoms with E-state index in [4.69, 9.17) is 5.11 Å². The van der Waals surface area contributed by atoms with Crippen LogP contribution in [-0.4, -0.2) is 34.0 Å². The van der Waals surface area contributed by atoms with Crippen LogP contribution in [-0.2, 0) is 17.8 Å². The number of nitrogens with zero attached hydrogens (tertiary/aromatic N) is 2. The Morgan fingerprint density at radius 2 is 2.40 bits per heavy atom. The molecule has 0 saturated carbocycles. The third kappa shape index (κ3) is 2.92. The third-order valence-electron chi connectivity index (χ3n) is 3.46. The molecule has 0 radical (unpaired) electrons. The van der Waals surface area contributed by atoms with Crippen molar-refractivity contribution in [1.29, 1.82) is 0 Å². The molecule has 0 bridgehead atoms. The van der Waals surface area contributed by atoms with Gasteiger partial charge in [-0.05, 0) is 25.0 Å². The van der Waals surface area contributed by atoms with Crippen LogP contribution in [0.3, 0.4) is 0 Å². The standard InChI is InChI=1S/C14H16N2O2S2/c1-9-15-11(8-19-9)13-6-10-7-16(5-3-14(17)18)4-2-12(10)20-13/h6,8H,2-5,7H2,1H3,(H,17,18). The van der Waals surface area contributed by atoms with Gasteiger partial charge in [-0.2, -0.15) is 0 Å². The van der Waals surface area contributed by atoms with Crippen LogP contribution in [0.2, 0.25) is 0 Å². The fourth-order valence-corrected chi connectivity index (χ4v) is 4.25. The predicted molar refractivity (Wildman–Crippen MR) is 81.4 cm³/mol. The lowest BCUT2D eigenvalue weighted by atomic mass is 10.1. The molecule has 0 amide bonds. The summed E-state index contributed by atoms with van der Waals surface area (Å²) in [5.41, 5.74) is 2.41. The number of rotatable bonds is 4. The number of carboxylic acid groups (broad SMARTS) is 1. The molecule has 3 rings (SSSR count). The van der Waals surface area contributed by atoms with Crippen LogP contribution < -0.4 is 0 Å². The topological polar surface area (TPSA) is 53.4 Å². The zero-order chi connectivity index (χ0) is 14.1. The highest BCUT2D eigenvalue weighted by atomic mass is 32.1. The molecule has 0 unspecified atom stereocenters. The number of aliphatic carboxylic acids is 1. The highest BCUT2D eigenvalue weighted by Crippen LogP contribution is 2.35. The van der Waals surface area contributed by atoms with Gasteiger partial charge in [-0.1, -0.05) is 0 Å². The maximum atomic E-state index is 10.6. The summed E-state index contributed by atoms with van der Waals surface area (Å²) in [6.45, 7) is 4.48. The van der Waals surface area contributed by atoms with Gasteiger partial charge in [-0.15, -0.1) is 22.7 Å². The van der Waals surface area contributed by atoms with Crippen molar-refractivity contribution in [1.82, 2.24) is 9.88 Å². The van der Waals surface area contributed by atoms with Crippen LogP contribution >= 0.6 is 22.7 Å². The van der Waals surface area contributed by atoms with E-state index >= 15 is 0 Å². The van der Waals surface area contributed by atoms with E-state index in [1.165, 1.54) is 15.3 Å². The van der Waals surface area contributed by atoms with E-state index in [0.717, 1.165) is 30.2 Å². The van der Waals surface area contributed by atoms with Crippen molar-refractivity contribution >= 4 is 28.6 Å². The Bertz CT molecular complexity index is 633. The van der Waals surface area contributed by atoms with E-state index in [-0.39, 0.29) is 6.42 Å². The number of thiophene rings is 1. The lowest BCUT2D eigenvalue weighted by molar-refractivity contribution is -0.137. The number of hydrogen-bond donors (Lipinski definition) is 1. The van der Waals surface area contributed by atoms with Crippen molar-refractivity contribution in [2.75, 3.05) is 13.1 Å². The molecule has 0 aromatic carbocycles. The second-order valence-corrected chi connectivity index (χ2v) is 7.18. The molecule has 106 valence electrons. The first kappa shape index (κ1) is 13.7. The summed E-state index contributed by atoms with van der Waals surface area (Å²) in [5.74, 6) is -0.722. The van der Waals surface area contributed by atoms with E-state index in [0.29, 0.717) is 6.54 Å². The average Bonchev–Trinajstić information content (AvgIpc) is 3.01. The van der Waals surface area contributed by atoms with Crippen molar-refractivity contribution < 1.29 is 9.90 Å². The van der Waals surface area contributed by atoms with E-state index < -0.39 is 5.97 Å². The maximum Gasteiger partial charge on any atom is 0.304 e. The number of aryl methyl sites for hydroxylation is 1. The molecule has 3 heterocycles. The van der Waals surface area contributed by atoms with E-state index in [9.17, 15) is 4.79 Å². The summed E-state index contributed by atoms with van der Waals surface area (Å²) >= 11 is 3.51. The number of hydrogen-bond acceptors (Lipinski definition) is 5. The van der Waals surface area contributed by atoms with Crippen molar-refractivity contribution in [3.8, 4) is 10.6 Å². The second-order valence-electron chi connectivity index (χ2n) is 4.98. The molecular weight excluding hydrogens is 292 g/mol. The minimum Gasteiger partial charge on any atom is -0.481 e. The van der Waals surface area contributed by atoms with E-state index in [1.54, 1.807) is 11.3 Å². The number of thiazole rings is 1. The molecular formula is C14H16N2O2S2. The first-order valence-electron chi connectivity index (χ1n) is 6.60. The van der Waals surface area contributed by atoms with Gasteiger partial charge >= 0.3 is 5.97 Å². The minimum absolute atomic E-state index is 0.220. The average molecular weight is 308 g/mol. The SMILES string of the molecule is Cc1nc(-c2cc3c(s2)CCN(CCC(=O)O)C3)cs1. The Balaban J connectivity index is 1.74. The highest BCUT2D eigenvalue weighted by molar-refractivity contribution is 7.16. The smallest absolute Gasteiger partial charge is 0.304 e. The van der Waals surface area contributed by atoms with Gasteiger partial charge in [0.1, 0.15) is 0 Å². The molecule has 0 atom stereocenters. The van der Waals surface area contributed by atoms with Gasteiger partial charge < -0.3 is 5.11 Å². The van der Waals surface area contributed by atoms with Gasteiger partial charge in [0.05, 0.1) is 22.0 Å². The second kappa shape index (κ2) is 5.63. The van der Waals surface area contributed by atoms with Crippen molar-refractivity contribution in [2.24, 2.45) is 0 Å². The van der Waals surface area contributed by atoms with Crippen LogP contribution in [0.5, 0.6) is 0 Å². The predicted octanol–water partition coefficient (Wildman–Crippen LogP) is 3.01. The van der Waals surface area contributed by atoms with E-state index in [2.05, 4.69) is 21.3 Å². The quantitative estimate of drug-likeness (QED) is 0.943. The monoisotopic (exact) mass is 308 g/mol. The summed E-state index contributed by atoms with van der Waals surface area (Å²) in [6, 6.07) is 2.22. The molecule has 2 aromatic heterocycles. The largest absolute Gasteiger partial charge is 0.481 e. The number of carboxylic acids is 1. The normalized spacial score (nSPS) is 15.2. The Labute approximate surface area is 125 Å². The Morgan fingerprint density at radius 3 is 3.10 bits per heavy atom. The number of aromatic nitrogens is 1. The van der Waals surface area contributed by atoms with Crippen molar-refractivity contribution in [3.63, 3.8) is 0 Å².